The van der Waals surface area contributed by atoms with Gasteiger partial charge in [0.1, 0.15) is 5.82 Å². The number of rotatable bonds is 2. The minimum atomic E-state index is 0.988. The Morgan fingerprint density at radius 3 is 2.12 bits per heavy atom. The number of pyridine rings is 1. The second-order valence-corrected chi connectivity index (χ2v) is 7.91. The van der Waals surface area contributed by atoms with Crippen LogP contribution in [0.5, 0.6) is 0 Å². The van der Waals surface area contributed by atoms with Crippen LogP contribution in [0.1, 0.15) is 0 Å². The Kier molecular flexibility index (Phi) is 3.68. The number of para-hydroxylation sites is 2. The van der Waals surface area contributed by atoms with E-state index in [4.69, 9.17) is 4.98 Å². The lowest BCUT2D eigenvalue weighted by molar-refractivity contribution is 1.10. The highest BCUT2D eigenvalue weighted by molar-refractivity contribution is 14.2. The molecule has 5 aromatic rings. The molecule has 0 saturated carbocycles. The molecule has 0 aliphatic rings. The van der Waals surface area contributed by atoms with E-state index < -0.39 is 0 Å². The van der Waals surface area contributed by atoms with Crippen LogP contribution in [0.3, 0.4) is 0 Å². The maximum Gasteiger partial charge on any atom is 0.145 e. The number of aromatic nitrogens is 2. The Bertz CT molecular complexity index is 1190. The van der Waals surface area contributed by atoms with Gasteiger partial charge in [-0.1, -0.05) is 51.4 Å². The van der Waals surface area contributed by atoms with E-state index in [1.54, 1.807) is 8.93 Å². The van der Waals surface area contributed by atoms with Crippen molar-refractivity contribution in [3.05, 3.63) is 79.0 Å². The third-order valence-corrected chi connectivity index (χ3v) is 6.56. The van der Waals surface area contributed by atoms with Gasteiger partial charge < -0.3 is 0 Å². The summed E-state index contributed by atoms with van der Waals surface area (Å²) in [6.07, 6.45) is 1.90. The summed E-state index contributed by atoms with van der Waals surface area (Å²) < 4.78 is 2.29. The molecule has 5 rings (SSSR count). The fourth-order valence-electron chi connectivity index (χ4n) is 3.51. The maximum absolute atomic E-state index is 4.78. The summed E-state index contributed by atoms with van der Waals surface area (Å²) in [4.78, 5) is 6.02. The lowest BCUT2D eigenvalue weighted by Gasteiger charge is -2.11. The summed E-state index contributed by atoms with van der Waals surface area (Å²) in [5.41, 5.74) is 2.38. The van der Waals surface area contributed by atoms with Crippen LogP contribution in [0, 0.1) is 0 Å². The summed E-state index contributed by atoms with van der Waals surface area (Å²) in [5, 5.41) is 4.91. The minimum Gasteiger partial charge on any atom is -0.293 e. The van der Waals surface area contributed by atoms with Crippen molar-refractivity contribution in [2.45, 2.75) is 4.90 Å². The quantitative estimate of drug-likeness (QED) is 0.275. The van der Waals surface area contributed by atoms with E-state index in [1.165, 1.54) is 37.5 Å². The average Bonchev–Trinajstić information content (AvgIpc) is 3.01. The molecule has 0 spiro atoms. The van der Waals surface area contributed by atoms with Gasteiger partial charge in [0.15, 0.2) is 0 Å². The number of hydrogen-bond acceptors (Lipinski definition) is 2. The van der Waals surface area contributed by atoms with Crippen LogP contribution in [0.2, 0.25) is 0 Å². The number of benzene rings is 3. The molecule has 0 aliphatic heterocycles. The average molecular weight is 452 g/mol. The highest BCUT2D eigenvalue weighted by Gasteiger charge is 2.14. The van der Waals surface area contributed by atoms with E-state index >= 15 is 0 Å². The van der Waals surface area contributed by atoms with Gasteiger partial charge in [0.05, 0.1) is 11.0 Å². The molecule has 2 nitrogen and oxygen atoms in total. The molecule has 0 atom stereocenters. The molecule has 2 heterocycles. The number of nitrogens with zero attached hydrogens (tertiary/aromatic N) is 2. The van der Waals surface area contributed by atoms with E-state index in [1.807, 2.05) is 6.20 Å². The standard InChI is InChI=1S/C21H13IN2S/c22-25-15-10-9-14-11-12-23-21(18(14)13-15)24-19-7-3-1-5-16(19)17-6-2-4-8-20(17)24/h1-13H. The molecule has 0 unspecified atom stereocenters. The van der Waals surface area contributed by atoms with Crippen molar-refractivity contribution < 1.29 is 0 Å². The predicted octanol–water partition coefficient (Wildman–Crippen LogP) is 6.77. The summed E-state index contributed by atoms with van der Waals surface area (Å²) >= 11 is 2.33. The Morgan fingerprint density at radius 1 is 0.760 bits per heavy atom. The van der Waals surface area contributed by atoms with Crippen molar-refractivity contribution in [1.29, 1.82) is 0 Å². The summed E-state index contributed by atoms with van der Waals surface area (Å²) in [6, 6.07) is 25.7. The van der Waals surface area contributed by atoms with E-state index in [9.17, 15) is 0 Å². The minimum absolute atomic E-state index is 0.988. The molecular formula is C21H13IN2S. The van der Waals surface area contributed by atoms with Gasteiger partial charge in [-0.3, -0.25) is 4.57 Å². The number of hydrogen-bond donors (Lipinski definition) is 0. The molecule has 25 heavy (non-hydrogen) atoms. The van der Waals surface area contributed by atoms with Gasteiger partial charge in [-0.05, 0) is 35.7 Å². The van der Waals surface area contributed by atoms with Crippen LogP contribution in [0.25, 0.3) is 38.4 Å². The molecule has 3 aromatic carbocycles. The topological polar surface area (TPSA) is 17.8 Å². The fraction of sp³-hybridized carbons (Fsp3) is 0. The van der Waals surface area contributed by atoms with Crippen LogP contribution >= 0.6 is 30.1 Å². The first-order chi connectivity index (χ1) is 12.4. The van der Waals surface area contributed by atoms with Crippen molar-refractivity contribution in [3.63, 3.8) is 0 Å². The van der Waals surface area contributed by atoms with Crippen molar-refractivity contribution >= 4 is 62.7 Å². The molecule has 0 saturated heterocycles. The third kappa shape index (κ3) is 2.35. The molecule has 0 amide bonds. The maximum atomic E-state index is 4.78. The van der Waals surface area contributed by atoms with E-state index in [2.05, 4.69) is 98.6 Å². The first kappa shape index (κ1) is 15.2. The molecule has 120 valence electrons. The molecular weight excluding hydrogens is 439 g/mol. The zero-order chi connectivity index (χ0) is 16.8. The molecule has 2 aromatic heterocycles. The highest BCUT2D eigenvalue weighted by Crippen LogP contribution is 2.35. The summed E-state index contributed by atoms with van der Waals surface area (Å²) in [7, 11) is 1.73. The van der Waals surface area contributed by atoms with Crippen LogP contribution in [-0.2, 0) is 0 Å². The predicted molar refractivity (Wildman–Crippen MR) is 116 cm³/mol. The molecule has 4 heteroatoms. The number of fused-ring (bicyclic) bond motifs is 4. The van der Waals surface area contributed by atoms with Crippen LogP contribution < -0.4 is 0 Å². The summed E-state index contributed by atoms with van der Waals surface area (Å²) in [6.45, 7) is 0. The van der Waals surface area contributed by atoms with E-state index in [-0.39, 0.29) is 0 Å². The second kappa shape index (κ2) is 6.04. The Labute approximate surface area is 161 Å². The Morgan fingerprint density at radius 2 is 1.44 bits per heavy atom. The zero-order valence-electron chi connectivity index (χ0n) is 13.2. The second-order valence-electron chi connectivity index (χ2n) is 5.96. The van der Waals surface area contributed by atoms with Crippen molar-refractivity contribution in [2.75, 3.05) is 0 Å². The van der Waals surface area contributed by atoms with Crippen molar-refractivity contribution in [3.8, 4) is 5.82 Å². The third-order valence-electron chi connectivity index (χ3n) is 4.60. The lowest BCUT2D eigenvalue weighted by Crippen LogP contribution is -1.98. The molecule has 0 fully saturated rings. The summed E-state index contributed by atoms with van der Waals surface area (Å²) in [5.74, 6) is 0.988. The molecule has 0 N–H and O–H groups in total. The Balaban J connectivity index is 1.97. The van der Waals surface area contributed by atoms with Crippen LogP contribution in [-0.4, -0.2) is 9.55 Å². The monoisotopic (exact) mass is 452 g/mol. The van der Waals surface area contributed by atoms with Gasteiger partial charge in [0, 0.05) is 48.5 Å². The van der Waals surface area contributed by atoms with Gasteiger partial charge in [-0.25, -0.2) is 4.98 Å². The fourth-order valence-corrected chi connectivity index (χ4v) is 4.61. The van der Waals surface area contributed by atoms with Crippen molar-refractivity contribution in [1.82, 2.24) is 9.55 Å². The Hall–Kier alpha value is -2.05. The molecule has 0 bridgehead atoms. The zero-order valence-corrected chi connectivity index (χ0v) is 16.2. The SMILES string of the molecule is ISc1ccc2ccnc(-n3c4ccccc4c4ccccc43)c2c1. The van der Waals surface area contributed by atoms with Gasteiger partial charge >= 0.3 is 0 Å². The van der Waals surface area contributed by atoms with Gasteiger partial charge in [0.25, 0.3) is 0 Å². The van der Waals surface area contributed by atoms with Gasteiger partial charge in [0.2, 0.25) is 0 Å². The smallest absolute Gasteiger partial charge is 0.145 e. The normalized spacial score (nSPS) is 11.6. The number of halogens is 1. The lowest BCUT2D eigenvalue weighted by atomic mass is 10.1. The van der Waals surface area contributed by atoms with Gasteiger partial charge in [-0.2, -0.15) is 0 Å². The van der Waals surface area contributed by atoms with E-state index in [0.29, 0.717) is 0 Å². The molecule has 0 radical (unpaired) electrons. The first-order valence-corrected chi connectivity index (χ1v) is 11.4. The van der Waals surface area contributed by atoms with Crippen LogP contribution in [0.4, 0.5) is 0 Å². The van der Waals surface area contributed by atoms with Crippen LogP contribution in [0.15, 0.2) is 83.9 Å². The van der Waals surface area contributed by atoms with Gasteiger partial charge in [-0.15, -0.1) is 0 Å². The van der Waals surface area contributed by atoms with E-state index in [0.717, 1.165) is 5.82 Å². The largest absolute Gasteiger partial charge is 0.293 e. The first-order valence-electron chi connectivity index (χ1n) is 8.03. The highest BCUT2D eigenvalue weighted by atomic mass is 127. The molecule has 0 aliphatic carbocycles. The van der Waals surface area contributed by atoms with Crippen molar-refractivity contribution in [2.24, 2.45) is 0 Å².